The Bertz CT molecular complexity index is 708. The quantitative estimate of drug-likeness (QED) is 0.417. The first-order valence-corrected chi connectivity index (χ1v) is 8.39. The van der Waals surface area contributed by atoms with Crippen molar-refractivity contribution in [1.29, 1.82) is 0 Å². The van der Waals surface area contributed by atoms with Gasteiger partial charge in [-0.2, -0.15) is 0 Å². The molecule has 11 heteroatoms. The Morgan fingerprint density at radius 1 is 1.45 bits per heavy atom. The topological polar surface area (TPSA) is 127 Å². The number of nitro groups is 1. The van der Waals surface area contributed by atoms with E-state index < -0.39 is 14.9 Å². The molecule has 0 bridgehead atoms. The normalized spacial score (nSPS) is 11.4. The number of nitrogens with one attached hydrogen (secondary N) is 2. The molecule has 20 heavy (non-hydrogen) atoms. The van der Waals surface area contributed by atoms with E-state index in [1.165, 1.54) is 11.3 Å². The molecular weight excluding hydrogens is 324 g/mol. The fraction of sp³-hybridized carbons (Fsp3) is 0.111. The summed E-state index contributed by atoms with van der Waals surface area (Å²) in [7, 11) is -3.81. The molecular formula is C9H10N4O4S3. The molecule has 4 N–H and O–H groups in total. The van der Waals surface area contributed by atoms with Gasteiger partial charge in [-0.1, -0.05) is 17.4 Å². The third-order valence-corrected chi connectivity index (χ3v) is 6.11. The van der Waals surface area contributed by atoms with Crippen LogP contribution in [0.15, 0.2) is 27.8 Å². The Hall–Kier alpha value is -1.53. The first-order chi connectivity index (χ1) is 9.44. The van der Waals surface area contributed by atoms with E-state index in [4.69, 9.17) is 5.84 Å². The van der Waals surface area contributed by atoms with Gasteiger partial charge in [0.1, 0.15) is 4.21 Å². The highest BCUT2D eigenvalue weighted by Crippen LogP contribution is 2.36. The molecule has 0 saturated heterocycles. The number of nitrogens with zero attached hydrogens (tertiary/aromatic N) is 1. The summed E-state index contributed by atoms with van der Waals surface area (Å²) in [6.45, 7) is 0.136. The number of thiophene rings is 2. The highest BCUT2D eigenvalue weighted by molar-refractivity contribution is 7.91. The van der Waals surface area contributed by atoms with Crippen molar-refractivity contribution in [3.63, 3.8) is 0 Å². The molecule has 8 nitrogen and oxygen atoms in total. The maximum Gasteiger partial charge on any atom is 0.306 e. The van der Waals surface area contributed by atoms with E-state index in [1.807, 2.05) is 5.38 Å². The summed E-state index contributed by atoms with van der Waals surface area (Å²) in [5, 5.41) is 12.6. The number of rotatable bonds is 6. The van der Waals surface area contributed by atoms with Crippen LogP contribution < -0.4 is 16.0 Å². The van der Waals surface area contributed by atoms with Crippen molar-refractivity contribution < 1.29 is 13.3 Å². The molecule has 2 rings (SSSR count). The zero-order valence-electron chi connectivity index (χ0n) is 9.90. The molecule has 0 aliphatic rings. The van der Waals surface area contributed by atoms with Gasteiger partial charge in [0.2, 0.25) is 0 Å². The van der Waals surface area contributed by atoms with Crippen molar-refractivity contribution in [3.8, 4) is 0 Å². The molecule has 0 spiro atoms. The molecule has 0 atom stereocenters. The van der Waals surface area contributed by atoms with Crippen LogP contribution in [0.4, 0.5) is 10.7 Å². The van der Waals surface area contributed by atoms with Gasteiger partial charge < -0.3 is 5.43 Å². The number of sulfonamides is 1. The van der Waals surface area contributed by atoms with Gasteiger partial charge in [-0.05, 0) is 11.4 Å². The van der Waals surface area contributed by atoms with Crippen molar-refractivity contribution in [2.24, 2.45) is 5.84 Å². The van der Waals surface area contributed by atoms with Crippen molar-refractivity contribution in [1.82, 2.24) is 4.72 Å². The van der Waals surface area contributed by atoms with Crippen molar-refractivity contribution in [2.75, 3.05) is 5.43 Å². The van der Waals surface area contributed by atoms with Gasteiger partial charge >= 0.3 is 5.69 Å². The second kappa shape index (κ2) is 5.85. The first kappa shape index (κ1) is 14.9. The summed E-state index contributed by atoms with van der Waals surface area (Å²) < 4.78 is 26.3. The lowest BCUT2D eigenvalue weighted by Gasteiger charge is -2.02. The average Bonchev–Trinajstić information content (AvgIpc) is 3.05. The lowest BCUT2D eigenvalue weighted by atomic mass is 10.5. The Morgan fingerprint density at radius 3 is 2.70 bits per heavy atom. The summed E-state index contributed by atoms with van der Waals surface area (Å²) in [5.41, 5.74) is 1.76. The highest BCUT2D eigenvalue weighted by atomic mass is 32.2. The van der Waals surface area contributed by atoms with Gasteiger partial charge in [0, 0.05) is 17.5 Å². The summed E-state index contributed by atoms with van der Waals surface area (Å²) in [5.74, 6) is 5.14. The van der Waals surface area contributed by atoms with E-state index in [0.717, 1.165) is 10.9 Å². The first-order valence-electron chi connectivity index (χ1n) is 5.21. The van der Waals surface area contributed by atoms with E-state index in [1.54, 1.807) is 12.1 Å². The maximum atomic E-state index is 12.0. The number of hydrogen-bond acceptors (Lipinski definition) is 8. The largest absolute Gasteiger partial charge is 0.310 e. The third kappa shape index (κ3) is 3.13. The van der Waals surface area contributed by atoms with Gasteiger partial charge in [-0.25, -0.2) is 19.0 Å². The van der Waals surface area contributed by atoms with Crippen LogP contribution in [0.5, 0.6) is 0 Å². The number of anilines is 1. The molecule has 0 aliphatic carbocycles. The minimum atomic E-state index is -3.81. The number of nitrogens with two attached hydrogens (primary N) is 1. The molecule has 0 radical (unpaired) electrons. The fourth-order valence-electron chi connectivity index (χ4n) is 1.38. The smallest absolute Gasteiger partial charge is 0.306 e. The van der Waals surface area contributed by atoms with Crippen LogP contribution >= 0.6 is 22.7 Å². The Morgan fingerprint density at radius 2 is 2.20 bits per heavy atom. The SMILES string of the molecule is NNc1sc(S(=O)(=O)NCc2cccs2)cc1[N+](=O)[O-]. The maximum absolute atomic E-state index is 12.0. The Balaban J connectivity index is 2.23. The molecule has 0 unspecified atom stereocenters. The van der Waals surface area contributed by atoms with Crippen LogP contribution in [0.25, 0.3) is 0 Å². The number of hydrazine groups is 1. The molecule has 2 aromatic heterocycles. The molecule has 0 saturated carbocycles. The molecule has 0 amide bonds. The molecule has 0 fully saturated rings. The van der Waals surface area contributed by atoms with Crippen LogP contribution in [-0.2, 0) is 16.6 Å². The lowest BCUT2D eigenvalue weighted by Crippen LogP contribution is -2.21. The number of nitrogen functional groups attached to an aromatic ring is 1. The second-order valence-electron chi connectivity index (χ2n) is 3.59. The highest BCUT2D eigenvalue weighted by Gasteiger charge is 2.25. The zero-order chi connectivity index (χ0) is 14.8. The average molecular weight is 334 g/mol. The monoisotopic (exact) mass is 334 g/mol. The van der Waals surface area contributed by atoms with Gasteiger partial charge in [0.05, 0.1) is 4.92 Å². The van der Waals surface area contributed by atoms with Crippen molar-refractivity contribution in [3.05, 3.63) is 38.6 Å². The van der Waals surface area contributed by atoms with Crippen LogP contribution in [-0.4, -0.2) is 13.3 Å². The van der Waals surface area contributed by atoms with Crippen LogP contribution in [0, 0.1) is 10.1 Å². The lowest BCUT2D eigenvalue weighted by molar-refractivity contribution is -0.383. The summed E-state index contributed by atoms with van der Waals surface area (Å²) >= 11 is 2.12. The van der Waals surface area contributed by atoms with Crippen molar-refractivity contribution in [2.45, 2.75) is 10.8 Å². The van der Waals surface area contributed by atoms with E-state index in [0.29, 0.717) is 11.3 Å². The van der Waals surface area contributed by atoms with E-state index in [-0.39, 0.29) is 21.4 Å². The molecule has 2 heterocycles. The van der Waals surface area contributed by atoms with Gasteiger partial charge in [0.15, 0.2) is 5.00 Å². The van der Waals surface area contributed by atoms with Gasteiger partial charge in [0.25, 0.3) is 10.0 Å². The molecule has 2 aromatic rings. The summed E-state index contributed by atoms with van der Waals surface area (Å²) in [4.78, 5) is 10.9. The zero-order valence-corrected chi connectivity index (χ0v) is 12.3. The predicted octanol–water partition coefficient (Wildman–Crippen LogP) is 1.48. The Labute approximate surface area is 122 Å². The van der Waals surface area contributed by atoms with Gasteiger partial charge in [-0.15, -0.1) is 11.3 Å². The van der Waals surface area contributed by atoms with Crippen LogP contribution in [0.1, 0.15) is 4.88 Å². The third-order valence-electron chi connectivity index (χ3n) is 2.30. The summed E-state index contributed by atoms with van der Waals surface area (Å²) in [6, 6.07) is 4.58. The second-order valence-corrected chi connectivity index (χ2v) is 7.66. The van der Waals surface area contributed by atoms with E-state index in [9.17, 15) is 18.5 Å². The van der Waals surface area contributed by atoms with Gasteiger partial charge in [-0.3, -0.25) is 10.1 Å². The fourth-order valence-corrected chi connectivity index (χ4v) is 4.41. The van der Waals surface area contributed by atoms with Crippen LogP contribution in [0.2, 0.25) is 0 Å². The predicted molar refractivity (Wildman–Crippen MR) is 77.1 cm³/mol. The molecule has 0 aromatic carbocycles. The summed E-state index contributed by atoms with van der Waals surface area (Å²) in [6.07, 6.45) is 0. The molecule has 108 valence electrons. The van der Waals surface area contributed by atoms with Crippen molar-refractivity contribution >= 4 is 43.4 Å². The minimum absolute atomic E-state index is 0.00787. The van der Waals surface area contributed by atoms with Crippen LogP contribution in [0.3, 0.4) is 0 Å². The van der Waals surface area contributed by atoms with E-state index >= 15 is 0 Å². The standard InChI is InChI=1S/C9H10N4O4S3/c10-12-9-7(13(14)15)4-8(19-9)20(16,17)11-5-6-2-1-3-18-6/h1-4,11-12H,5,10H2. The number of hydrogen-bond donors (Lipinski definition) is 3. The van der Waals surface area contributed by atoms with E-state index in [2.05, 4.69) is 10.1 Å². The molecule has 0 aliphatic heterocycles. The Kier molecular flexibility index (Phi) is 4.35. The minimum Gasteiger partial charge on any atom is -0.310 e.